The average molecular weight is 443 g/mol. The summed E-state index contributed by atoms with van der Waals surface area (Å²) in [5, 5.41) is 4.83. The van der Waals surface area contributed by atoms with Crippen molar-refractivity contribution in [1.29, 1.82) is 0 Å². The molecule has 6 nitrogen and oxygen atoms in total. The summed E-state index contributed by atoms with van der Waals surface area (Å²) >= 11 is 0. The summed E-state index contributed by atoms with van der Waals surface area (Å²) in [6.45, 7) is 4.11. The number of nitrogens with zero attached hydrogens (tertiary/aromatic N) is 1. The lowest BCUT2D eigenvalue weighted by Crippen LogP contribution is -2.39. The third kappa shape index (κ3) is 4.46. The van der Waals surface area contributed by atoms with E-state index in [2.05, 4.69) is 0 Å². The molecule has 0 saturated heterocycles. The lowest BCUT2D eigenvalue weighted by Gasteiger charge is -2.33. The molecule has 0 atom stereocenters. The molecule has 28 heavy (non-hydrogen) atoms. The minimum absolute atomic E-state index is 0.146. The van der Waals surface area contributed by atoms with Gasteiger partial charge in [-0.15, -0.1) is 0 Å². The molecular weight excluding hydrogens is 417 g/mol. The molecule has 11 heteroatoms. The van der Waals surface area contributed by atoms with Gasteiger partial charge in [-0.3, -0.25) is 0 Å². The maximum atomic E-state index is 14.9. The predicted octanol–water partition coefficient (Wildman–Crippen LogP) is 2.95. The molecule has 2 rings (SSSR count). The SMILES string of the molecule is CCCC(CCC)CCN1CCS(=O)(=O)c2c(F)c(F)c(S(N)(=O)=O)c(F)c21. The number of anilines is 1. The van der Waals surface area contributed by atoms with Gasteiger partial charge in [-0.1, -0.05) is 39.5 Å². The van der Waals surface area contributed by atoms with Crippen LogP contribution < -0.4 is 10.0 Å². The molecule has 1 heterocycles. The highest BCUT2D eigenvalue weighted by Crippen LogP contribution is 2.40. The van der Waals surface area contributed by atoms with Crippen molar-refractivity contribution in [2.45, 2.75) is 55.7 Å². The highest BCUT2D eigenvalue weighted by atomic mass is 32.2. The molecule has 0 radical (unpaired) electrons. The number of sulfonamides is 1. The summed E-state index contributed by atoms with van der Waals surface area (Å²) < 4.78 is 91.3. The fraction of sp³-hybridized carbons (Fsp3) is 0.647. The van der Waals surface area contributed by atoms with Crippen molar-refractivity contribution in [3.8, 4) is 0 Å². The third-order valence-electron chi connectivity index (χ3n) is 4.96. The van der Waals surface area contributed by atoms with Gasteiger partial charge in [-0.05, 0) is 12.3 Å². The fourth-order valence-electron chi connectivity index (χ4n) is 3.68. The Balaban J connectivity index is 2.58. The molecule has 0 unspecified atom stereocenters. The summed E-state index contributed by atoms with van der Waals surface area (Å²) in [5.74, 6) is -5.90. The van der Waals surface area contributed by atoms with E-state index in [9.17, 15) is 30.0 Å². The van der Waals surface area contributed by atoms with Crippen molar-refractivity contribution in [3.05, 3.63) is 17.5 Å². The van der Waals surface area contributed by atoms with E-state index < -0.39 is 58.5 Å². The number of halogens is 3. The van der Waals surface area contributed by atoms with Crippen LogP contribution in [0, 0.1) is 23.4 Å². The van der Waals surface area contributed by atoms with Gasteiger partial charge in [-0.2, -0.15) is 0 Å². The Labute approximate surface area is 163 Å². The second kappa shape index (κ2) is 8.58. The molecule has 1 aliphatic heterocycles. The van der Waals surface area contributed by atoms with E-state index in [1.54, 1.807) is 0 Å². The predicted molar refractivity (Wildman–Crippen MR) is 99.9 cm³/mol. The Morgan fingerprint density at radius 3 is 2.11 bits per heavy atom. The van der Waals surface area contributed by atoms with Gasteiger partial charge in [0.15, 0.2) is 32.2 Å². The van der Waals surface area contributed by atoms with Gasteiger partial charge in [0, 0.05) is 13.1 Å². The van der Waals surface area contributed by atoms with E-state index >= 15 is 0 Å². The number of hydrogen-bond donors (Lipinski definition) is 1. The third-order valence-corrected chi connectivity index (χ3v) is 7.60. The van der Waals surface area contributed by atoms with Crippen LogP contribution in [0.1, 0.15) is 46.0 Å². The molecule has 0 saturated carbocycles. The first-order valence-corrected chi connectivity index (χ1v) is 12.4. The smallest absolute Gasteiger partial charge is 0.244 e. The minimum atomic E-state index is -4.94. The minimum Gasteiger partial charge on any atom is -0.367 e. The van der Waals surface area contributed by atoms with Crippen molar-refractivity contribution in [1.82, 2.24) is 0 Å². The van der Waals surface area contributed by atoms with E-state index in [0.29, 0.717) is 12.3 Å². The van der Waals surface area contributed by atoms with Gasteiger partial charge in [0.05, 0.1) is 11.4 Å². The lowest BCUT2D eigenvalue weighted by molar-refractivity contribution is 0.405. The van der Waals surface area contributed by atoms with Gasteiger partial charge in [0.25, 0.3) is 0 Å². The molecule has 0 aromatic heterocycles. The topological polar surface area (TPSA) is 97.5 Å². The van der Waals surface area contributed by atoms with Crippen LogP contribution in [-0.4, -0.2) is 35.7 Å². The van der Waals surface area contributed by atoms with Crippen molar-refractivity contribution < 1.29 is 30.0 Å². The van der Waals surface area contributed by atoms with Gasteiger partial charge >= 0.3 is 0 Å². The maximum absolute atomic E-state index is 14.9. The zero-order valence-electron chi connectivity index (χ0n) is 15.8. The highest BCUT2D eigenvalue weighted by Gasteiger charge is 2.40. The van der Waals surface area contributed by atoms with Gasteiger partial charge < -0.3 is 4.90 Å². The molecule has 0 aliphatic carbocycles. The summed E-state index contributed by atoms with van der Waals surface area (Å²) in [5.41, 5.74) is -0.749. The first kappa shape index (κ1) is 23.0. The first-order valence-electron chi connectivity index (χ1n) is 9.16. The Kier molecular flexibility index (Phi) is 7.03. The first-order chi connectivity index (χ1) is 13.0. The van der Waals surface area contributed by atoms with Crippen LogP contribution in [0.15, 0.2) is 9.79 Å². The largest absolute Gasteiger partial charge is 0.367 e. The number of nitrogens with two attached hydrogens (primary N) is 1. The number of rotatable bonds is 8. The lowest BCUT2D eigenvalue weighted by atomic mass is 9.94. The van der Waals surface area contributed by atoms with E-state index in [4.69, 9.17) is 5.14 Å². The van der Waals surface area contributed by atoms with E-state index in [0.717, 1.165) is 25.7 Å². The molecule has 0 amide bonds. The number of hydrogen-bond acceptors (Lipinski definition) is 5. The summed E-state index contributed by atoms with van der Waals surface area (Å²) in [6.07, 6.45) is 4.33. The molecule has 2 N–H and O–H groups in total. The van der Waals surface area contributed by atoms with Crippen molar-refractivity contribution >= 4 is 25.5 Å². The molecule has 0 bridgehead atoms. The van der Waals surface area contributed by atoms with Crippen LogP contribution >= 0.6 is 0 Å². The molecule has 160 valence electrons. The number of benzene rings is 1. The second-order valence-electron chi connectivity index (χ2n) is 7.03. The van der Waals surface area contributed by atoms with Crippen LogP contribution in [-0.2, 0) is 19.9 Å². The molecule has 1 aromatic rings. The Morgan fingerprint density at radius 2 is 1.61 bits per heavy atom. The monoisotopic (exact) mass is 442 g/mol. The Bertz CT molecular complexity index is 944. The van der Waals surface area contributed by atoms with Crippen LogP contribution in [0.4, 0.5) is 18.9 Å². The van der Waals surface area contributed by atoms with Gasteiger partial charge in [0.2, 0.25) is 10.0 Å². The summed E-state index contributed by atoms with van der Waals surface area (Å²) in [6, 6.07) is 0. The van der Waals surface area contributed by atoms with Gasteiger partial charge in [0.1, 0.15) is 4.90 Å². The summed E-state index contributed by atoms with van der Waals surface area (Å²) in [4.78, 5) is -1.51. The second-order valence-corrected chi connectivity index (χ2v) is 10.6. The van der Waals surface area contributed by atoms with Crippen molar-refractivity contribution in [2.75, 3.05) is 23.7 Å². The van der Waals surface area contributed by atoms with E-state index in [-0.39, 0.29) is 13.1 Å². The van der Waals surface area contributed by atoms with E-state index in [1.807, 2.05) is 13.8 Å². The van der Waals surface area contributed by atoms with Crippen LogP contribution in [0.5, 0.6) is 0 Å². The maximum Gasteiger partial charge on any atom is 0.244 e. The van der Waals surface area contributed by atoms with Crippen LogP contribution in [0.2, 0.25) is 0 Å². The van der Waals surface area contributed by atoms with Crippen LogP contribution in [0.3, 0.4) is 0 Å². The standard InChI is InChI=1S/C17H25F3N2O4S2/c1-3-5-11(6-4-2)7-8-22-9-10-27(23,24)17-13(19)12(18)16(28(21,25)26)14(20)15(17)22/h11H,3-10H2,1-2H3,(H2,21,25,26). The Morgan fingerprint density at radius 1 is 1.04 bits per heavy atom. The quantitative estimate of drug-likeness (QED) is 0.625. The number of primary sulfonamides is 1. The normalized spacial score (nSPS) is 16.5. The van der Waals surface area contributed by atoms with Crippen LogP contribution in [0.25, 0.3) is 0 Å². The zero-order valence-corrected chi connectivity index (χ0v) is 17.5. The molecule has 1 aliphatic rings. The number of sulfone groups is 1. The molecule has 1 aromatic carbocycles. The fourth-order valence-corrected chi connectivity index (χ4v) is 5.91. The van der Waals surface area contributed by atoms with E-state index in [1.165, 1.54) is 4.90 Å². The average Bonchev–Trinajstić information content (AvgIpc) is 2.57. The molecular formula is C17H25F3N2O4S2. The van der Waals surface area contributed by atoms with Crippen molar-refractivity contribution in [2.24, 2.45) is 11.1 Å². The zero-order chi connectivity index (χ0) is 21.3. The summed E-state index contributed by atoms with van der Waals surface area (Å²) in [7, 11) is -9.25. The Hall–Kier alpha value is -1.33. The molecule has 0 spiro atoms. The van der Waals surface area contributed by atoms with Crippen molar-refractivity contribution in [3.63, 3.8) is 0 Å². The highest BCUT2D eigenvalue weighted by molar-refractivity contribution is 7.91. The molecule has 0 fully saturated rings. The van der Waals surface area contributed by atoms with Gasteiger partial charge in [-0.25, -0.2) is 35.1 Å². The number of fused-ring (bicyclic) bond motifs is 1.